The van der Waals surface area contributed by atoms with Crippen molar-refractivity contribution in [3.8, 4) is 0 Å². The van der Waals surface area contributed by atoms with Crippen LogP contribution in [-0.4, -0.2) is 30.0 Å². The van der Waals surface area contributed by atoms with Crippen molar-refractivity contribution >= 4 is 20.9 Å². The highest BCUT2D eigenvalue weighted by Crippen LogP contribution is 2.34. The number of hydrogen-bond donors (Lipinski definition) is 1. The Balaban J connectivity index is 1.97. The van der Waals surface area contributed by atoms with Gasteiger partial charge in [0.05, 0.1) is 11.8 Å². The zero-order valence-electron chi connectivity index (χ0n) is 12.4. The van der Waals surface area contributed by atoms with Crippen LogP contribution in [0.15, 0.2) is 30.3 Å². The third kappa shape index (κ3) is 2.85. The molecule has 1 atom stereocenters. The van der Waals surface area contributed by atoms with E-state index in [1.54, 1.807) is 4.31 Å². The van der Waals surface area contributed by atoms with Crippen molar-refractivity contribution in [2.45, 2.75) is 38.6 Å². The number of aromatic amines is 1. The Labute approximate surface area is 126 Å². The fourth-order valence-corrected chi connectivity index (χ4v) is 4.96. The third-order valence-electron chi connectivity index (χ3n) is 4.18. The molecule has 1 aromatic carbocycles. The second-order valence-corrected chi connectivity index (χ2v) is 7.79. The first-order chi connectivity index (χ1) is 10.1. The Morgan fingerprint density at radius 3 is 2.86 bits per heavy atom. The van der Waals surface area contributed by atoms with E-state index in [2.05, 4.69) is 17.1 Å². The molecule has 3 rings (SSSR count). The summed E-state index contributed by atoms with van der Waals surface area (Å²) in [7, 11) is -3.15. The normalized spacial score (nSPS) is 20.9. The first-order valence-corrected chi connectivity index (χ1v) is 9.30. The minimum Gasteiger partial charge on any atom is -0.357 e. The van der Waals surface area contributed by atoms with Gasteiger partial charge in [-0.25, -0.2) is 8.42 Å². The van der Waals surface area contributed by atoms with Crippen molar-refractivity contribution < 1.29 is 8.42 Å². The Hall–Kier alpha value is -1.33. The molecule has 0 bridgehead atoms. The average molecular weight is 306 g/mol. The van der Waals surface area contributed by atoms with Gasteiger partial charge in [0.25, 0.3) is 0 Å². The Morgan fingerprint density at radius 1 is 1.29 bits per heavy atom. The number of nitrogens with zero attached hydrogens (tertiary/aromatic N) is 1. The molecule has 1 fully saturated rings. The molecule has 5 heteroatoms. The molecule has 2 heterocycles. The van der Waals surface area contributed by atoms with E-state index in [1.165, 1.54) is 0 Å². The zero-order valence-corrected chi connectivity index (χ0v) is 13.2. The highest BCUT2D eigenvalue weighted by Gasteiger charge is 2.33. The second kappa shape index (κ2) is 5.81. The summed E-state index contributed by atoms with van der Waals surface area (Å²) in [5, 5.41) is 1.14. The van der Waals surface area contributed by atoms with Crippen LogP contribution in [0.5, 0.6) is 0 Å². The van der Waals surface area contributed by atoms with Gasteiger partial charge < -0.3 is 4.98 Å². The smallest absolute Gasteiger partial charge is 0.214 e. The van der Waals surface area contributed by atoms with E-state index in [4.69, 9.17) is 0 Å². The molecule has 0 amide bonds. The Kier molecular flexibility index (Phi) is 4.04. The standard InChI is InChI=1S/C16H22N2O2S/c1-2-11-21(19,20)18-10-6-5-9-16(18)15-12-13-7-3-4-8-14(13)17-15/h3-4,7-8,12,16-17H,2,5-6,9-11H2,1H3. The van der Waals surface area contributed by atoms with Gasteiger partial charge in [-0.1, -0.05) is 31.5 Å². The Bertz CT molecular complexity index is 688. The van der Waals surface area contributed by atoms with E-state index in [9.17, 15) is 8.42 Å². The molecule has 1 aromatic heterocycles. The lowest BCUT2D eigenvalue weighted by atomic mass is 10.0. The number of H-pyrrole nitrogens is 1. The molecule has 114 valence electrons. The maximum absolute atomic E-state index is 12.5. The molecule has 0 aliphatic carbocycles. The van der Waals surface area contributed by atoms with Gasteiger partial charge in [-0.15, -0.1) is 0 Å². The number of fused-ring (bicyclic) bond motifs is 1. The lowest BCUT2D eigenvalue weighted by Crippen LogP contribution is -2.39. The van der Waals surface area contributed by atoms with Gasteiger partial charge in [-0.3, -0.25) is 0 Å². The fraction of sp³-hybridized carbons (Fsp3) is 0.500. The summed E-state index contributed by atoms with van der Waals surface area (Å²) in [5.74, 6) is 0.240. The number of aromatic nitrogens is 1. The minimum atomic E-state index is -3.15. The highest BCUT2D eigenvalue weighted by molar-refractivity contribution is 7.89. The molecule has 1 aliphatic heterocycles. The predicted molar refractivity (Wildman–Crippen MR) is 85.7 cm³/mol. The molecule has 1 unspecified atom stereocenters. The molecule has 0 spiro atoms. The van der Waals surface area contributed by atoms with Crippen LogP contribution < -0.4 is 0 Å². The van der Waals surface area contributed by atoms with Crippen LogP contribution in [0.1, 0.15) is 44.3 Å². The molecule has 1 N–H and O–H groups in total. The van der Waals surface area contributed by atoms with E-state index in [0.29, 0.717) is 13.0 Å². The highest BCUT2D eigenvalue weighted by atomic mass is 32.2. The number of rotatable bonds is 4. The van der Waals surface area contributed by atoms with Gasteiger partial charge in [0.2, 0.25) is 10.0 Å². The van der Waals surface area contributed by atoms with Crippen molar-refractivity contribution in [2.75, 3.05) is 12.3 Å². The summed E-state index contributed by atoms with van der Waals surface area (Å²) in [6.45, 7) is 2.56. The van der Waals surface area contributed by atoms with Crippen LogP contribution in [0.2, 0.25) is 0 Å². The van der Waals surface area contributed by atoms with E-state index < -0.39 is 10.0 Å². The summed E-state index contributed by atoms with van der Waals surface area (Å²) in [6.07, 6.45) is 3.60. The van der Waals surface area contributed by atoms with Gasteiger partial charge in [0.1, 0.15) is 0 Å². The summed E-state index contributed by atoms with van der Waals surface area (Å²) in [5.41, 5.74) is 2.10. The molecule has 0 saturated carbocycles. The number of nitrogens with one attached hydrogen (secondary N) is 1. The van der Waals surface area contributed by atoms with Crippen LogP contribution in [-0.2, 0) is 10.0 Å². The van der Waals surface area contributed by atoms with Gasteiger partial charge in [-0.2, -0.15) is 4.31 Å². The molecule has 0 radical (unpaired) electrons. The van der Waals surface area contributed by atoms with E-state index in [0.717, 1.165) is 35.9 Å². The van der Waals surface area contributed by atoms with Crippen molar-refractivity contribution in [3.05, 3.63) is 36.0 Å². The Morgan fingerprint density at radius 2 is 2.10 bits per heavy atom. The first-order valence-electron chi connectivity index (χ1n) is 7.69. The van der Waals surface area contributed by atoms with Crippen molar-refractivity contribution in [1.29, 1.82) is 0 Å². The lowest BCUT2D eigenvalue weighted by molar-refractivity contribution is 0.252. The van der Waals surface area contributed by atoms with Crippen LogP contribution in [0.25, 0.3) is 10.9 Å². The molecule has 1 aliphatic rings. The zero-order chi connectivity index (χ0) is 14.9. The summed E-state index contributed by atoms with van der Waals surface area (Å²) in [4.78, 5) is 3.40. The number of sulfonamides is 1. The van der Waals surface area contributed by atoms with E-state index in [-0.39, 0.29) is 11.8 Å². The number of hydrogen-bond acceptors (Lipinski definition) is 2. The van der Waals surface area contributed by atoms with Gasteiger partial charge in [-0.05, 0) is 36.8 Å². The van der Waals surface area contributed by atoms with Crippen LogP contribution >= 0.6 is 0 Å². The average Bonchev–Trinajstić information content (AvgIpc) is 2.91. The number of para-hydroxylation sites is 1. The third-order valence-corrected chi connectivity index (χ3v) is 6.26. The van der Waals surface area contributed by atoms with Crippen LogP contribution in [0, 0.1) is 0 Å². The molecular weight excluding hydrogens is 284 g/mol. The van der Waals surface area contributed by atoms with Crippen LogP contribution in [0.3, 0.4) is 0 Å². The minimum absolute atomic E-state index is 0.0392. The first kappa shape index (κ1) is 14.6. The van der Waals surface area contributed by atoms with Crippen LogP contribution in [0.4, 0.5) is 0 Å². The molecule has 21 heavy (non-hydrogen) atoms. The quantitative estimate of drug-likeness (QED) is 0.941. The van der Waals surface area contributed by atoms with Crippen molar-refractivity contribution in [1.82, 2.24) is 9.29 Å². The number of piperidine rings is 1. The van der Waals surface area contributed by atoms with Gasteiger partial charge in [0.15, 0.2) is 0 Å². The topological polar surface area (TPSA) is 53.2 Å². The summed E-state index contributed by atoms with van der Waals surface area (Å²) < 4.78 is 26.7. The maximum atomic E-state index is 12.5. The monoisotopic (exact) mass is 306 g/mol. The lowest BCUT2D eigenvalue weighted by Gasteiger charge is -2.34. The summed E-state index contributed by atoms with van der Waals surface area (Å²) >= 11 is 0. The molecule has 2 aromatic rings. The summed E-state index contributed by atoms with van der Waals surface area (Å²) in [6, 6.07) is 10.2. The predicted octanol–water partition coefficient (Wildman–Crippen LogP) is 3.43. The van der Waals surface area contributed by atoms with Gasteiger partial charge >= 0.3 is 0 Å². The molecular formula is C16H22N2O2S. The fourth-order valence-electron chi connectivity index (χ4n) is 3.20. The number of benzene rings is 1. The largest absolute Gasteiger partial charge is 0.357 e. The molecule has 1 saturated heterocycles. The SMILES string of the molecule is CCCS(=O)(=O)N1CCCCC1c1cc2ccccc2[nH]1. The van der Waals surface area contributed by atoms with Crippen molar-refractivity contribution in [3.63, 3.8) is 0 Å². The van der Waals surface area contributed by atoms with E-state index in [1.807, 2.05) is 25.1 Å². The van der Waals surface area contributed by atoms with Gasteiger partial charge in [0, 0.05) is 17.8 Å². The van der Waals surface area contributed by atoms with E-state index >= 15 is 0 Å². The van der Waals surface area contributed by atoms with Crippen molar-refractivity contribution in [2.24, 2.45) is 0 Å². The molecule has 4 nitrogen and oxygen atoms in total. The maximum Gasteiger partial charge on any atom is 0.214 e. The second-order valence-electron chi connectivity index (χ2n) is 5.75.